The lowest BCUT2D eigenvalue weighted by atomic mass is 9.94. The number of carbonyl (C=O) groups is 1. The van der Waals surface area contributed by atoms with Gasteiger partial charge in [-0.1, -0.05) is 68.4 Å². The normalized spacial score (nSPS) is 28.1. The van der Waals surface area contributed by atoms with Gasteiger partial charge in [0.25, 0.3) is 0 Å². The fourth-order valence-electron chi connectivity index (χ4n) is 4.84. The van der Waals surface area contributed by atoms with Crippen LogP contribution in [0.15, 0.2) is 29.3 Å². The summed E-state index contributed by atoms with van der Waals surface area (Å²) in [5.41, 5.74) is 0.900. The van der Waals surface area contributed by atoms with Gasteiger partial charge in [0.05, 0.1) is 6.04 Å². The number of rotatable bonds is 3. The smallest absolute Gasteiger partial charge is 0.311 e. The number of hydrogen-bond donors (Lipinski definition) is 1. The zero-order chi connectivity index (χ0) is 22.1. The summed E-state index contributed by atoms with van der Waals surface area (Å²) in [5.74, 6) is 0. The number of thioether (sulfide) groups is 1. The van der Waals surface area contributed by atoms with Crippen LogP contribution in [0.25, 0.3) is 0 Å². The van der Waals surface area contributed by atoms with Crippen molar-refractivity contribution in [1.29, 1.82) is 0 Å². The van der Waals surface area contributed by atoms with Crippen molar-refractivity contribution >= 4 is 23.0 Å². The maximum absolute atomic E-state index is 14.6. The first-order valence-corrected chi connectivity index (χ1v) is 12.1. The molecule has 2 amide bonds. The molecule has 1 N–H and O–H groups in total. The van der Waals surface area contributed by atoms with Crippen molar-refractivity contribution in [1.82, 2.24) is 10.2 Å². The average molecular weight is 454 g/mol. The molecule has 0 spiro atoms. The maximum Gasteiger partial charge on any atom is 0.425 e. The lowest BCUT2D eigenvalue weighted by Gasteiger charge is -2.46. The molecule has 3 fully saturated rings. The van der Waals surface area contributed by atoms with Crippen molar-refractivity contribution in [3.8, 4) is 0 Å². The second kappa shape index (κ2) is 9.04. The Kier molecular flexibility index (Phi) is 6.56. The van der Waals surface area contributed by atoms with Gasteiger partial charge in [0.1, 0.15) is 0 Å². The molecule has 8 heteroatoms. The Morgan fingerprint density at radius 3 is 2.16 bits per heavy atom. The van der Waals surface area contributed by atoms with Gasteiger partial charge in [-0.2, -0.15) is 13.2 Å². The Morgan fingerprint density at radius 1 is 1.00 bits per heavy atom. The van der Waals surface area contributed by atoms with Crippen LogP contribution in [0.2, 0.25) is 0 Å². The largest absolute Gasteiger partial charge is 0.425 e. The molecule has 1 atom stereocenters. The number of aliphatic imine (C=N–C) groups is 1. The number of halogens is 3. The quantitative estimate of drug-likeness (QED) is 0.568. The minimum atomic E-state index is -4.67. The maximum atomic E-state index is 14.6. The molecule has 2 aliphatic carbocycles. The Hall–Kier alpha value is -1.70. The van der Waals surface area contributed by atoms with E-state index in [1.54, 1.807) is 12.1 Å². The van der Waals surface area contributed by atoms with Gasteiger partial charge in [-0.15, -0.1) is 0 Å². The molecular formula is C23H30F3N3OS. The number of amides is 2. The summed E-state index contributed by atoms with van der Waals surface area (Å²) in [6.07, 6.45) is 4.95. The highest BCUT2D eigenvalue weighted by Gasteiger charge is 2.62. The third kappa shape index (κ3) is 4.59. The number of aryl methyl sites for hydroxylation is 1. The van der Waals surface area contributed by atoms with E-state index < -0.39 is 17.1 Å². The van der Waals surface area contributed by atoms with Crippen LogP contribution >= 0.6 is 11.8 Å². The number of benzene rings is 1. The van der Waals surface area contributed by atoms with Crippen molar-refractivity contribution in [2.24, 2.45) is 4.99 Å². The fourth-order valence-corrected chi connectivity index (χ4v) is 6.15. The van der Waals surface area contributed by atoms with Crippen molar-refractivity contribution in [3.63, 3.8) is 0 Å². The highest BCUT2D eigenvalue weighted by atomic mass is 32.2. The summed E-state index contributed by atoms with van der Waals surface area (Å²) >= 11 is 0.663. The molecule has 1 aromatic carbocycles. The first-order valence-electron chi connectivity index (χ1n) is 11.3. The number of urea groups is 1. The molecule has 31 heavy (non-hydrogen) atoms. The van der Waals surface area contributed by atoms with Crippen LogP contribution in [0, 0.1) is 6.92 Å². The van der Waals surface area contributed by atoms with Gasteiger partial charge in [0, 0.05) is 6.04 Å². The molecule has 0 aromatic heterocycles. The Bertz CT molecular complexity index is 814. The molecule has 1 aliphatic heterocycles. The van der Waals surface area contributed by atoms with E-state index >= 15 is 0 Å². The Balaban J connectivity index is 1.76. The van der Waals surface area contributed by atoms with Crippen molar-refractivity contribution in [2.45, 2.75) is 94.3 Å². The average Bonchev–Trinajstić information content (AvgIpc) is 2.74. The zero-order valence-corrected chi connectivity index (χ0v) is 18.7. The van der Waals surface area contributed by atoms with Crippen LogP contribution in [0.5, 0.6) is 0 Å². The van der Waals surface area contributed by atoms with E-state index in [1.165, 1.54) is 17.0 Å². The van der Waals surface area contributed by atoms with Crippen molar-refractivity contribution < 1.29 is 18.0 Å². The molecule has 3 aliphatic rings. The van der Waals surface area contributed by atoms with Gasteiger partial charge in [0.2, 0.25) is 4.87 Å². The molecule has 4 nitrogen and oxygen atoms in total. The Morgan fingerprint density at radius 2 is 1.58 bits per heavy atom. The van der Waals surface area contributed by atoms with Gasteiger partial charge in [0.15, 0.2) is 5.17 Å². The second-order valence-electron chi connectivity index (χ2n) is 8.94. The predicted molar refractivity (Wildman–Crippen MR) is 118 cm³/mol. The number of nitrogens with zero attached hydrogens (tertiary/aromatic N) is 2. The van der Waals surface area contributed by atoms with E-state index in [9.17, 15) is 18.0 Å². The number of amidine groups is 1. The van der Waals surface area contributed by atoms with Gasteiger partial charge in [-0.05, 0) is 49.9 Å². The summed E-state index contributed by atoms with van der Waals surface area (Å²) in [5, 5.41) is 2.60. The summed E-state index contributed by atoms with van der Waals surface area (Å²) in [4.78, 5) is 17.1. The molecule has 170 valence electrons. The fraction of sp³-hybridized carbons (Fsp3) is 0.652. The van der Waals surface area contributed by atoms with Crippen LogP contribution in [0.1, 0.15) is 75.3 Å². The summed E-state index contributed by atoms with van der Waals surface area (Å²) in [7, 11) is 0. The van der Waals surface area contributed by atoms with Crippen LogP contribution in [-0.2, 0) is 4.87 Å². The van der Waals surface area contributed by atoms with Crippen LogP contribution in [0.3, 0.4) is 0 Å². The number of nitrogens with one attached hydrogen (secondary N) is 1. The first-order chi connectivity index (χ1) is 14.8. The third-order valence-electron chi connectivity index (χ3n) is 6.62. The number of hydrogen-bond acceptors (Lipinski definition) is 3. The van der Waals surface area contributed by atoms with Gasteiger partial charge < -0.3 is 5.32 Å². The predicted octanol–water partition coefficient (Wildman–Crippen LogP) is 6.49. The van der Waals surface area contributed by atoms with Crippen LogP contribution < -0.4 is 5.32 Å². The minimum Gasteiger partial charge on any atom is -0.311 e. The third-order valence-corrected chi connectivity index (χ3v) is 7.98. The van der Waals surface area contributed by atoms with Crippen molar-refractivity contribution in [3.05, 3.63) is 35.4 Å². The summed E-state index contributed by atoms with van der Waals surface area (Å²) in [6, 6.07) is 5.44. The molecule has 1 aromatic rings. The van der Waals surface area contributed by atoms with Crippen LogP contribution in [-0.4, -0.2) is 34.4 Å². The molecule has 1 heterocycles. The Labute approximate surface area is 186 Å². The summed E-state index contributed by atoms with van der Waals surface area (Å²) in [6.45, 7) is 1.83. The first kappa shape index (κ1) is 22.5. The van der Waals surface area contributed by atoms with Gasteiger partial charge >= 0.3 is 12.2 Å². The topological polar surface area (TPSA) is 44.7 Å². The van der Waals surface area contributed by atoms with E-state index in [1.807, 2.05) is 6.92 Å². The second-order valence-corrected chi connectivity index (χ2v) is 10.1. The molecule has 2 saturated carbocycles. The lowest BCUT2D eigenvalue weighted by molar-refractivity contribution is -0.168. The van der Waals surface area contributed by atoms with E-state index in [-0.39, 0.29) is 22.8 Å². The number of alkyl halides is 3. The van der Waals surface area contributed by atoms with E-state index in [0.717, 1.165) is 69.8 Å². The van der Waals surface area contributed by atoms with Crippen molar-refractivity contribution in [2.75, 3.05) is 0 Å². The van der Waals surface area contributed by atoms with E-state index in [4.69, 9.17) is 4.99 Å². The standard InChI is InChI=1S/C23H30F3N3OS/c1-16-12-14-17(15-13-16)22(23(24,25)26)28-20(30)29(19-10-6-3-7-11-19)21(31-22)27-18-8-4-2-5-9-18/h12-15,18-19H,2-11H2,1H3,(H,28,30)/t22-/m0/s1. The zero-order valence-electron chi connectivity index (χ0n) is 17.9. The van der Waals surface area contributed by atoms with Gasteiger partial charge in [-0.3, -0.25) is 9.89 Å². The molecular weight excluding hydrogens is 423 g/mol. The van der Waals surface area contributed by atoms with E-state index in [2.05, 4.69) is 5.32 Å². The lowest BCUT2D eigenvalue weighted by Crippen LogP contribution is -2.65. The molecule has 1 saturated heterocycles. The molecule has 4 rings (SSSR count). The number of carbonyl (C=O) groups excluding carboxylic acids is 1. The highest BCUT2D eigenvalue weighted by Crippen LogP contribution is 2.51. The molecule has 0 unspecified atom stereocenters. The highest BCUT2D eigenvalue weighted by molar-refractivity contribution is 8.14. The molecule has 0 radical (unpaired) electrons. The minimum absolute atomic E-state index is 0.0165. The molecule has 0 bridgehead atoms. The summed E-state index contributed by atoms with van der Waals surface area (Å²) < 4.78 is 43.7. The SMILES string of the molecule is Cc1ccc([C@]2(C(F)(F)F)NC(=O)N(C3CCCCC3)C(=NC3CCCCC3)S2)cc1. The monoisotopic (exact) mass is 453 g/mol. The van der Waals surface area contributed by atoms with Crippen LogP contribution in [0.4, 0.5) is 18.0 Å². The van der Waals surface area contributed by atoms with Gasteiger partial charge in [-0.25, -0.2) is 4.79 Å². The van der Waals surface area contributed by atoms with E-state index in [0.29, 0.717) is 11.8 Å².